The van der Waals surface area contributed by atoms with Crippen molar-refractivity contribution in [2.45, 2.75) is 19.5 Å². The van der Waals surface area contributed by atoms with Gasteiger partial charge in [-0.1, -0.05) is 19.1 Å². The Morgan fingerprint density at radius 1 is 1.15 bits per heavy atom. The quantitative estimate of drug-likeness (QED) is 0.785. The zero-order valence-electron chi connectivity index (χ0n) is 14.6. The first-order valence-corrected chi connectivity index (χ1v) is 8.00. The van der Waals surface area contributed by atoms with Crippen LogP contribution >= 0.6 is 0 Å². The Morgan fingerprint density at radius 2 is 1.78 bits per heavy atom. The van der Waals surface area contributed by atoms with E-state index in [-0.39, 0.29) is 17.7 Å². The number of amides is 1. The lowest BCUT2D eigenvalue weighted by atomic mass is 9.99. The smallest absolute Gasteiger partial charge is 0.416 e. The highest BCUT2D eigenvalue weighted by molar-refractivity contribution is 6.01. The first kappa shape index (κ1) is 20.3. The molecule has 1 amide bonds. The highest BCUT2D eigenvalue weighted by atomic mass is 19.4. The number of hydrogen-bond acceptors (Lipinski definition) is 3. The van der Waals surface area contributed by atoms with E-state index in [4.69, 9.17) is 4.74 Å². The van der Waals surface area contributed by atoms with E-state index >= 15 is 0 Å². The third-order valence-corrected chi connectivity index (χ3v) is 3.99. The van der Waals surface area contributed by atoms with E-state index in [0.717, 1.165) is 12.1 Å². The average Bonchev–Trinajstić information content (AvgIpc) is 2.61. The summed E-state index contributed by atoms with van der Waals surface area (Å²) in [5.41, 5.74) is -0.191. The largest absolute Gasteiger partial charge is 0.497 e. The highest BCUT2D eigenvalue weighted by Gasteiger charge is 2.30. The van der Waals surface area contributed by atoms with E-state index in [9.17, 15) is 27.9 Å². The summed E-state index contributed by atoms with van der Waals surface area (Å²) in [7, 11) is 1.39. The van der Waals surface area contributed by atoms with Crippen molar-refractivity contribution in [2.75, 3.05) is 12.4 Å². The van der Waals surface area contributed by atoms with Gasteiger partial charge in [0.25, 0.3) is 0 Å². The molecule has 5 nitrogen and oxygen atoms in total. The van der Waals surface area contributed by atoms with E-state index in [1.54, 1.807) is 6.92 Å². The van der Waals surface area contributed by atoms with Crippen molar-refractivity contribution in [1.82, 2.24) is 0 Å². The maximum absolute atomic E-state index is 12.6. The molecule has 0 radical (unpaired) electrons. The van der Waals surface area contributed by atoms with Gasteiger partial charge in [0, 0.05) is 5.92 Å². The zero-order valence-corrected chi connectivity index (χ0v) is 14.6. The Bertz CT molecular complexity index is 832. The van der Waals surface area contributed by atoms with Gasteiger partial charge in [0.2, 0.25) is 5.91 Å². The van der Waals surface area contributed by atoms with Gasteiger partial charge in [0.15, 0.2) is 0 Å². The van der Waals surface area contributed by atoms with Crippen LogP contribution in [0.2, 0.25) is 0 Å². The van der Waals surface area contributed by atoms with Crippen LogP contribution in [-0.2, 0) is 17.4 Å². The molecule has 1 atom stereocenters. The van der Waals surface area contributed by atoms with E-state index in [2.05, 4.69) is 5.32 Å². The summed E-state index contributed by atoms with van der Waals surface area (Å²) in [5, 5.41) is 11.8. The van der Waals surface area contributed by atoms with Crippen molar-refractivity contribution in [1.29, 1.82) is 0 Å². The first-order chi connectivity index (χ1) is 12.6. The van der Waals surface area contributed by atoms with Crippen LogP contribution in [0.5, 0.6) is 5.75 Å². The fourth-order valence-electron chi connectivity index (χ4n) is 2.47. The first-order valence-electron chi connectivity index (χ1n) is 8.00. The second kappa shape index (κ2) is 8.11. The van der Waals surface area contributed by atoms with Crippen LogP contribution in [0.25, 0.3) is 0 Å². The molecule has 0 aliphatic heterocycles. The molecule has 0 heterocycles. The molecule has 0 aromatic heterocycles. The molecule has 2 aromatic rings. The summed E-state index contributed by atoms with van der Waals surface area (Å²) < 4.78 is 42.7. The van der Waals surface area contributed by atoms with Crippen molar-refractivity contribution < 1.29 is 32.6 Å². The maximum Gasteiger partial charge on any atom is 0.416 e. The number of methoxy groups -OCH3 is 1. The molecule has 8 heteroatoms. The summed E-state index contributed by atoms with van der Waals surface area (Å²) in [6.45, 7) is 1.61. The molecule has 0 bridgehead atoms. The van der Waals surface area contributed by atoms with Gasteiger partial charge in [-0.2, -0.15) is 13.2 Å². The van der Waals surface area contributed by atoms with Gasteiger partial charge in [0.1, 0.15) is 5.75 Å². The lowest BCUT2D eigenvalue weighted by Crippen LogP contribution is -2.23. The lowest BCUT2D eigenvalue weighted by molar-refractivity contribution is -0.137. The third kappa shape index (κ3) is 5.22. The van der Waals surface area contributed by atoms with E-state index in [0.29, 0.717) is 11.3 Å². The summed E-state index contributed by atoms with van der Waals surface area (Å²) in [4.78, 5) is 23.7. The molecule has 1 unspecified atom stereocenters. The monoisotopic (exact) mass is 381 g/mol. The molecule has 0 spiro atoms. The standard InChI is InChI=1S/C19H18F3NO4/c1-11(9-12-3-5-13(6-4-12)19(20,21)22)17(24)23-16-8-7-14(27-2)10-15(16)18(25)26/h3-8,10-11H,9H2,1-2H3,(H,23,24)(H,25,26). The van der Waals surface area contributed by atoms with Gasteiger partial charge >= 0.3 is 12.1 Å². The van der Waals surface area contributed by atoms with Crippen LogP contribution in [0.15, 0.2) is 42.5 Å². The number of benzene rings is 2. The van der Waals surface area contributed by atoms with Crippen LogP contribution in [0.1, 0.15) is 28.4 Å². The number of carboxylic acids is 1. The summed E-state index contributed by atoms with van der Waals surface area (Å²) in [6, 6.07) is 8.80. The SMILES string of the molecule is COc1ccc(NC(=O)C(C)Cc2ccc(C(F)(F)F)cc2)c(C(=O)O)c1. The fourth-order valence-corrected chi connectivity index (χ4v) is 2.47. The number of halogens is 3. The number of hydrogen-bond donors (Lipinski definition) is 2. The molecule has 0 aliphatic rings. The lowest BCUT2D eigenvalue weighted by Gasteiger charge is -2.15. The minimum atomic E-state index is -4.41. The minimum absolute atomic E-state index is 0.118. The fraction of sp³-hybridized carbons (Fsp3) is 0.263. The zero-order chi connectivity index (χ0) is 20.2. The Balaban J connectivity index is 2.09. The van der Waals surface area contributed by atoms with Gasteiger partial charge in [-0.25, -0.2) is 4.79 Å². The van der Waals surface area contributed by atoms with Gasteiger partial charge in [0.05, 0.1) is 23.9 Å². The minimum Gasteiger partial charge on any atom is -0.497 e. The molecule has 2 N–H and O–H groups in total. The topological polar surface area (TPSA) is 75.6 Å². The number of rotatable bonds is 6. The van der Waals surface area contributed by atoms with Crippen LogP contribution in [0.4, 0.5) is 18.9 Å². The molecule has 0 saturated carbocycles. The Kier molecular flexibility index (Phi) is 6.09. The number of ether oxygens (including phenoxy) is 1. The average molecular weight is 381 g/mol. The van der Waals surface area contributed by atoms with Crippen molar-refractivity contribution in [3.8, 4) is 5.75 Å². The summed E-state index contributed by atoms with van der Waals surface area (Å²) >= 11 is 0. The predicted octanol–water partition coefficient (Wildman–Crippen LogP) is 4.23. The number of alkyl halides is 3. The number of nitrogens with one attached hydrogen (secondary N) is 1. The van der Waals surface area contributed by atoms with Crippen molar-refractivity contribution in [3.63, 3.8) is 0 Å². The Labute approximate surface area is 153 Å². The molecule has 2 rings (SSSR count). The van der Waals surface area contributed by atoms with Crippen LogP contribution < -0.4 is 10.1 Å². The van der Waals surface area contributed by atoms with Gasteiger partial charge in [-0.15, -0.1) is 0 Å². The highest BCUT2D eigenvalue weighted by Crippen LogP contribution is 2.29. The molecule has 0 saturated heterocycles. The van der Waals surface area contributed by atoms with Gasteiger partial charge < -0.3 is 15.2 Å². The maximum atomic E-state index is 12.6. The third-order valence-electron chi connectivity index (χ3n) is 3.99. The van der Waals surface area contributed by atoms with Crippen LogP contribution in [-0.4, -0.2) is 24.1 Å². The van der Waals surface area contributed by atoms with Crippen molar-refractivity contribution in [3.05, 3.63) is 59.2 Å². The molecule has 0 aliphatic carbocycles. The number of carbonyl (C=O) groups excluding carboxylic acids is 1. The summed E-state index contributed by atoms with van der Waals surface area (Å²) in [5.74, 6) is -1.91. The number of carbonyl (C=O) groups is 2. The molecule has 27 heavy (non-hydrogen) atoms. The van der Waals surface area contributed by atoms with E-state index < -0.39 is 29.5 Å². The number of anilines is 1. The molecule has 0 fully saturated rings. The van der Waals surface area contributed by atoms with Crippen LogP contribution in [0, 0.1) is 5.92 Å². The van der Waals surface area contributed by atoms with Crippen LogP contribution in [0.3, 0.4) is 0 Å². The van der Waals surface area contributed by atoms with E-state index in [1.165, 1.54) is 37.4 Å². The Morgan fingerprint density at radius 3 is 2.30 bits per heavy atom. The summed E-state index contributed by atoms with van der Waals surface area (Å²) in [6.07, 6.45) is -4.20. The molecule has 144 valence electrons. The molecule has 2 aromatic carbocycles. The van der Waals surface area contributed by atoms with E-state index in [1.807, 2.05) is 0 Å². The van der Waals surface area contributed by atoms with Gasteiger partial charge in [-0.3, -0.25) is 4.79 Å². The van der Waals surface area contributed by atoms with Crippen molar-refractivity contribution >= 4 is 17.6 Å². The second-order valence-corrected chi connectivity index (χ2v) is 6.01. The number of carboxylic acid groups (broad SMARTS) is 1. The number of aromatic carboxylic acids is 1. The predicted molar refractivity (Wildman–Crippen MR) is 92.9 cm³/mol. The Hall–Kier alpha value is -3.03. The normalized spacial score (nSPS) is 12.3. The van der Waals surface area contributed by atoms with Crippen molar-refractivity contribution in [2.24, 2.45) is 5.92 Å². The molecular formula is C19H18F3NO4. The second-order valence-electron chi connectivity index (χ2n) is 6.01. The van der Waals surface area contributed by atoms with Gasteiger partial charge in [-0.05, 0) is 42.3 Å². The molecular weight excluding hydrogens is 363 g/mol.